The van der Waals surface area contributed by atoms with E-state index in [1.807, 2.05) is 0 Å². The van der Waals surface area contributed by atoms with E-state index in [0.717, 1.165) is 0 Å². The maximum absolute atomic E-state index is 12.1. The molecular formula is C11H17BrN2O3S. The summed E-state index contributed by atoms with van der Waals surface area (Å²) >= 11 is 3.23. The third-order valence-electron chi connectivity index (χ3n) is 2.38. The lowest BCUT2D eigenvalue weighted by atomic mass is 10.3. The zero-order valence-corrected chi connectivity index (χ0v) is 12.7. The number of benzene rings is 1. The Hall–Kier alpha value is -0.630. The molecule has 3 N–H and O–H groups in total. The molecule has 1 unspecified atom stereocenters. The summed E-state index contributed by atoms with van der Waals surface area (Å²) in [6, 6.07) is 4.52. The van der Waals surface area contributed by atoms with E-state index in [9.17, 15) is 8.42 Å². The number of halogens is 1. The van der Waals surface area contributed by atoms with Crippen LogP contribution in [0.1, 0.15) is 13.3 Å². The van der Waals surface area contributed by atoms with Crippen LogP contribution < -0.4 is 10.5 Å². The fourth-order valence-corrected chi connectivity index (χ4v) is 3.37. The van der Waals surface area contributed by atoms with Crippen molar-refractivity contribution in [2.75, 3.05) is 19.5 Å². The quantitative estimate of drug-likeness (QED) is 0.775. The number of methoxy groups -OCH3 is 1. The molecule has 0 radical (unpaired) electrons. The average molecular weight is 337 g/mol. The highest BCUT2D eigenvalue weighted by Gasteiger charge is 2.20. The SMILES string of the molecule is COCCC(C)NS(=O)(=O)c1cc(Br)ccc1N. The van der Waals surface area contributed by atoms with Gasteiger partial charge in [0, 0.05) is 24.2 Å². The lowest BCUT2D eigenvalue weighted by molar-refractivity contribution is 0.188. The van der Waals surface area contributed by atoms with E-state index in [1.54, 1.807) is 26.2 Å². The first-order valence-corrected chi connectivity index (χ1v) is 7.70. The molecule has 0 fully saturated rings. The number of nitrogen functional groups attached to an aromatic ring is 1. The zero-order valence-electron chi connectivity index (χ0n) is 10.3. The van der Waals surface area contributed by atoms with Gasteiger partial charge in [-0.25, -0.2) is 13.1 Å². The Morgan fingerprint density at radius 1 is 1.50 bits per heavy atom. The monoisotopic (exact) mass is 336 g/mol. The van der Waals surface area contributed by atoms with Gasteiger partial charge in [-0.3, -0.25) is 0 Å². The second-order valence-corrected chi connectivity index (χ2v) is 6.58. The van der Waals surface area contributed by atoms with Gasteiger partial charge in [0.1, 0.15) is 4.90 Å². The second-order valence-electron chi connectivity index (χ2n) is 3.99. The zero-order chi connectivity index (χ0) is 13.8. The molecule has 1 atom stereocenters. The molecule has 7 heteroatoms. The topological polar surface area (TPSA) is 81.4 Å². The molecule has 0 spiro atoms. The minimum absolute atomic E-state index is 0.0844. The average Bonchev–Trinajstić information content (AvgIpc) is 2.29. The molecule has 0 heterocycles. The van der Waals surface area contributed by atoms with Crippen LogP contribution in [0.25, 0.3) is 0 Å². The number of anilines is 1. The number of nitrogens with two attached hydrogens (primary N) is 1. The summed E-state index contributed by atoms with van der Waals surface area (Å²) in [7, 11) is -2.03. The smallest absolute Gasteiger partial charge is 0.242 e. The van der Waals surface area contributed by atoms with Gasteiger partial charge in [0.2, 0.25) is 10.0 Å². The third-order valence-corrected chi connectivity index (χ3v) is 4.51. The Morgan fingerprint density at radius 2 is 2.17 bits per heavy atom. The molecule has 1 aromatic carbocycles. The summed E-state index contributed by atoms with van der Waals surface area (Å²) in [6.07, 6.45) is 0.601. The van der Waals surface area contributed by atoms with E-state index < -0.39 is 10.0 Å². The summed E-state index contributed by atoms with van der Waals surface area (Å²) in [5.41, 5.74) is 5.91. The van der Waals surface area contributed by atoms with Crippen LogP contribution in [0.15, 0.2) is 27.6 Å². The minimum Gasteiger partial charge on any atom is -0.398 e. The van der Waals surface area contributed by atoms with Crippen LogP contribution in [-0.2, 0) is 14.8 Å². The fraction of sp³-hybridized carbons (Fsp3) is 0.455. The van der Waals surface area contributed by atoms with Crippen LogP contribution in [0.4, 0.5) is 5.69 Å². The van der Waals surface area contributed by atoms with Crippen molar-refractivity contribution in [2.24, 2.45) is 0 Å². The molecule has 0 saturated heterocycles. The van der Waals surface area contributed by atoms with E-state index in [1.165, 1.54) is 6.07 Å². The Labute approximate surface area is 116 Å². The summed E-state index contributed by atoms with van der Waals surface area (Å²) < 4.78 is 32.4. The van der Waals surface area contributed by atoms with Crippen molar-refractivity contribution in [3.05, 3.63) is 22.7 Å². The summed E-state index contributed by atoms with van der Waals surface area (Å²) in [5.74, 6) is 0. The van der Waals surface area contributed by atoms with Crippen LogP contribution in [0.3, 0.4) is 0 Å². The van der Waals surface area contributed by atoms with Crippen LogP contribution in [0.5, 0.6) is 0 Å². The van der Waals surface area contributed by atoms with Crippen molar-refractivity contribution in [3.8, 4) is 0 Å². The molecule has 0 amide bonds. The molecule has 0 aliphatic rings. The first kappa shape index (κ1) is 15.4. The van der Waals surface area contributed by atoms with E-state index in [2.05, 4.69) is 20.7 Å². The van der Waals surface area contributed by atoms with Gasteiger partial charge in [0.15, 0.2) is 0 Å². The highest BCUT2D eigenvalue weighted by atomic mass is 79.9. The highest BCUT2D eigenvalue weighted by Crippen LogP contribution is 2.23. The van der Waals surface area contributed by atoms with Gasteiger partial charge in [-0.05, 0) is 31.5 Å². The standard InChI is InChI=1S/C11H17BrN2O3S/c1-8(5-6-17-2)14-18(15,16)11-7-9(12)3-4-10(11)13/h3-4,7-8,14H,5-6,13H2,1-2H3. The van der Waals surface area contributed by atoms with Gasteiger partial charge in [0.05, 0.1) is 5.69 Å². The molecular weight excluding hydrogens is 320 g/mol. The van der Waals surface area contributed by atoms with Crippen molar-refractivity contribution < 1.29 is 13.2 Å². The summed E-state index contributed by atoms with van der Waals surface area (Å²) in [6.45, 7) is 2.28. The minimum atomic E-state index is -3.60. The van der Waals surface area contributed by atoms with Crippen molar-refractivity contribution in [1.82, 2.24) is 4.72 Å². The molecule has 5 nitrogen and oxygen atoms in total. The van der Waals surface area contributed by atoms with Gasteiger partial charge >= 0.3 is 0 Å². The molecule has 0 bridgehead atoms. The predicted molar refractivity (Wildman–Crippen MR) is 74.8 cm³/mol. The van der Waals surface area contributed by atoms with Crippen molar-refractivity contribution in [3.63, 3.8) is 0 Å². The third kappa shape index (κ3) is 4.24. The molecule has 18 heavy (non-hydrogen) atoms. The summed E-state index contributed by atoms with van der Waals surface area (Å²) in [4.78, 5) is 0.0844. The maximum atomic E-state index is 12.1. The molecule has 0 aliphatic carbocycles. The van der Waals surface area contributed by atoms with Gasteiger partial charge < -0.3 is 10.5 Å². The molecule has 1 rings (SSSR count). The number of sulfonamides is 1. The molecule has 0 saturated carbocycles. The molecule has 1 aromatic rings. The Bertz CT molecular complexity index is 505. The number of nitrogens with one attached hydrogen (secondary N) is 1. The highest BCUT2D eigenvalue weighted by molar-refractivity contribution is 9.10. The van der Waals surface area contributed by atoms with Crippen LogP contribution >= 0.6 is 15.9 Å². The lowest BCUT2D eigenvalue weighted by Gasteiger charge is -2.15. The summed E-state index contributed by atoms with van der Waals surface area (Å²) in [5, 5.41) is 0. The van der Waals surface area contributed by atoms with E-state index in [-0.39, 0.29) is 16.6 Å². The number of hydrogen-bond acceptors (Lipinski definition) is 4. The molecule has 102 valence electrons. The Balaban J connectivity index is 2.89. The van der Waals surface area contributed by atoms with Crippen molar-refractivity contribution >= 4 is 31.6 Å². The van der Waals surface area contributed by atoms with E-state index in [4.69, 9.17) is 10.5 Å². The van der Waals surface area contributed by atoms with Crippen LogP contribution in [-0.4, -0.2) is 28.2 Å². The van der Waals surface area contributed by atoms with Crippen molar-refractivity contribution in [2.45, 2.75) is 24.3 Å². The predicted octanol–water partition coefficient (Wildman–Crippen LogP) is 1.73. The van der Waals surface area contributed by atoms with Gasteiger partial charge in [-0.2, -0.15) is 0 Å². The maximum Gasteiger partial charge on any atom is 0.242 e. The molecule has 0 aromatic heterocycles. The largest absolute Gasteiger partial charge is 0.398 e. The van der Waals surface area contributed by atoms with Crippen LogP contribution in [0, 0.1) is 0 Å². The number of ether oxygens (including phenoxy) is 1. The number of hydrogen-bond donors (Lipinski definition) is 2. The Kier molecular flexibility index (Phi) is 5.58. The number of rotatable bonds is 6. The second kappa shape index (κ2) is 6.51. The Morgan fingerprint density at radius 3 is 2.78 bits per heavy atom. The van der Waals surface area contributed by atoms with Gasteiger partial charge in [0.25, 0.3) is 0 Å². The normalized spacial score (nSPS) is 13.5. The van der Waals surface area contributed by atoms with E-state index in [0.29, 0.717) is 17.5 Å². The van der Waals surface area contributed by atoms with Crippen LogP contribution in [0.2, 0.25) is 0 Å². The first-order chi connectivity index (χ1) is 8.36. The van der Waals surface area contributed by atoms with Gasteiger partial charge in [-0.15, -0.1) is 0 Å². The fourth-order valence-electron chi connectivity index (χ4n) is 1.42. The van der Waals surface area contributed by atoms with Crippen molar-refractivity contribution in [1.29, 1.82) is 0 Å². The van der Waals surface area contributed by atoms with Gasteiger partial charge in [-0.1, -0.05) is 15.9 Å². The lowest BCUT2D eigenvalue weighted by Crippen LogP contribution is -2.33. The molecule has 0 aliphatic heterocycles. The first-order valence-electron chi connectivity index (χ1n) is 5.43. The van der Waals surface area contributed by atoms with E-state index >= 15 is 0 Å².